The Kier molecular flexibility index (Phi) is 4.68. The summed E-state index contributed by atoms with van der Waals surface area (Å²) in [5.41, 5.74) is 4.99. The fraction of sp³-hybridized carbons (Fsp3) is 0.222. The molecule has 1 unspecified atom stereocenters. The molecular formula is C9H9Cl2N3O3. The van der Waals surface area contributed by atoms with Crippen LogP contribution in [0.3, 0.4) is 0 Å². The number of aliphatic hydroxyl groups is 1. The van der Waals surface area contributed by atoms with Gasteiger partial charge in [0.05, 0.1) is 6.54 Å². The van der Waals surface area contributed by atoms with Gasteiger partial charge in [-0.2, -0.15) is 0 Å². The van der Waals surface area contributed by atoms with Crippen molar-refractivity contribution in [2.24, 2.45) is 5.73 Å². The summed E-state index contributed by atoms with van der Waals surface area (Å²) in [6, 6.07) is 2.61. The summed E-state index contributed by atoms with van der Waals surface area (Å²) < 4.78 is 0. The molecule has 0 saturated carbocycles. The minimum Gasteiger partial charge on any atom is -0.381 e. The number of carbonyl (C=O) groups excluding carboxylic acids is 2. The number of nitrogens with zero attached hydrogens (tertiary/aromatic N) is 1. The van der Waals surface area contributed by atoms with Gasteiger partial charge in [0.25, 0.3) is 5.91 Å². The Hall–Kier alpha value is -1.37. The van der Waals surface area contributed by atoms with Crippen LogP contribution in [0.25, 0.3) is 0 Å². The third-order valence-electron chi connectivity index (χ3n) is 1.81. The van der Waals surface area contributed by atoms with Gasteiger partial charge in [-0.05, 0) is 12.1 Å². The van der Waals surface area contributed by atoms with Crippen molar-refractivity contribution in [1.82, 2.24) is 10.3 Å². The first kappa shape index (κ1) is 13.7. The second kappa shape index (κ2) is 5.81. The number of carbonyl (C=O) groups is 2. The van der Waals surface area contributed by atoms with Gasteiger partial charge in [-0.15, -0.1) is 0 Å². The van der Waals surface area contributed by atoms with Crippen LogP contribution >= 0.6 is 23.2 Å². The summed E-state index contributed by atoms with van der Waals surface area (Å²) in [5, 5.41) is 11.5. The Morgan fingerprint density at radius 1 is 1.41 bits per heavy atom. The van der Waals surface area contributed by atoms with Gasteiger partial charge in [0.15, 0.2) is 0 Å². The van der Waals surface area contributed by atoms with Gasteiger partial charge < -0.3 is 16.2 Å². The topological polar surface area (TPSA) is 105 Å². The zero-order valence-electron chi connectivity index (χ0n) is 8.48. The van der Waals surface area contributed by atoms with Crippen molar-refractivity contribution in [1.29, 1.82) is 0 Å². The molecule has 0 aromatic carbocycles. The van der Waals surface area contributed by atoms with Crippen molar-refractivity contribution in [3.63, 3.8) is 0 Å². The van der Waals surface area contributed by atoms with Crippen LogP contribution in [0.4, 0.5) is 0 Å². The van der Waals surface area contributed by atoms with Crippen molar-refractivity contribution in [2.75, 3.05) is 6.54 Å². The van der Waals surface area contributed by atoms with Crippen molar-refractivity contribution >= 4 is 35.0 Å². The lowest BCUT2D eigenvalue weighted by Crippen LogP contribution is -2.40. The number of halogens is 2. The molecule has 4 N–H and O–H groups in total. The van der Waals surface area contributed by atoms with E-state index in [1.165, 1.54) is 12.1 Å². The van der Waals surface area contributed by atoms with Crippen molar-refractivity contribution < 1.29 is 14.7 Å². The van der Waals surface area contributed by atoms with Crippen molar-refractivity contribution in [3.8, 4) is 0 Å². The number of nitrogens with one attached hydrogen (secondary N) is 1. The first-order chi connectivity index (χ1) is 7.90. The van der Waals surface area contributed by atoms with E-state index < -0.39 is 17.9 Å². The van der Waals surface area contributed by atoms with E-state index in [0.29, 0.717) is 0 Å². The molecule has 0 saturated heterocycles. The number of primary amides is 1. The molecule has 0 bridgehead atoms. The Balaban J connectivity index is 2.67. The maximum atomic E-state index is 11.6. The maximum Gasteiger partial charge on any atom is 0.251 e. The molecule has 6 nitrogen and oxygen atoms in total. The summed E-state index contributed by atoms with van der Waals surface area (Å²) in [7, 11) is 0. The molecule has 1 atom stereocenters. The van der Waals surface area contributed by atoms with E-state index in [0.717, 1.165) is 0 Å². The standard InChI is InChI=1S/C9H9Cl2N3O3/c10-6-1-4(2-7(11)14-6)9(17)13-3-5(15)8(12)16/h1-2,5,15H,3H2,(H2,12,16)(H,13,17). The molecule has 0 fully saturated rings. The van der Waals surface area contributed by atoms with Crippen LogP contribution in [-0.4, -0.2) is 34.6 Å². The summed E-state index contributed by atoms with van der Waals surface area (Å²) in [6.45, 7) is -0.286. The number of amides is 2. The predicted octanol–water partition coefficient (Wildman–Crippen LogP) is -0.0356. The lowest BCUT2D eigenvalue weighted by molar-refractivity contribution is -0.125. The zero-order chi connectivity index (χ0) is 13.0. The highest BCUT2D eigenvalue weighted by Crippen LogP contribution is 2.14. The Morgan fingerprint density at radius 3 is 2.41 bits per heavy atom. The lowest BCUT2D eigenvalue weighted by Gasteiger charge is -2.08. The van der Waals surface area contributed by atoms with Crippen LogP contribution in [0.1, 0.15) is 10.4 Å². The highest BCUT2D eigenvalue weighted by atomic mass is 35.5. The Labute approximate surface area is 107 Å². The highest BCUT2D eigenvalue weighted by molar-refractivity contribution is 6.33. The van der Waals surface area contributed by atoms with Gasteiger partial charge in [0.1, 0.15) is 16.4 Å². The maximum absolute atomic E-state index is 11.6. The molecule has 0 aliphatic carbocycles. The molecule has 0 aliphatic heterocycles. The molecule has 92 valence electrons. The van der Waals surface area contributed by atoms with Crippen LogP contribution in [0.5, 0.6) is 0 Å². The van der Waals surface area contributed by atoms with E-state index in [1.54, 1.807) is 0 Å². The zero-order valence-corrected chi connectivity index (χ0v) is 10.00. The van der Waals surface area contributed by atoms with Crippen LogP contribution in [0.15, 0.2) is 12.1 Å². The van der Waals surface area contributed by atoms with Gasteiger partial charge in [0.2, 0.25) is 5.91 Å². The lowest BCUT2D eigenvalue weighted by atomic mass is 10.2. The first-order valence-corrected chi connectivity index (χ1v) is 5.24. The summed E-state index contributed by atoms with van der Waals surface area (Å²) in [4.78, 5) is 25.7. The third-order valence-corrected chi connectivity index (χ3v) is 2.20. The molecule has 0 aliphatic rings. The smallest absolute Gasteiger partial charge is 0.251 e. The number of aromatic nitrogens is 1. The minimum absolute atomic E-state index is 0.0677. The van der Waals surface area contributed by atoms with E-state index in [9.17, 15) is 9.59 Å². The molecular weight excluding hydrogens is 269 g/mol. The Bertz CT molecular complexity index is 433. The molecule has 2 amide bonds. The molecule has 1 rings (SSSR count). The monoisotopic (exact) mass is 277 g/mol. The van der Waals surface area contributed by atoms with Crippen molar-refractivity contribution in [2.45, 2.75) is 6.10 Å². The molecule has 0 spiro atoms. The van der Waals surface area contributed by atoms with Crippen LogP contribution < -0.4 is 11.1 Å². The quantitative estimate of drug-likeness (QED) is 0.672. The normalized spacial score (nSPS) is 11.9. The molecule has 8 heteroatoms. The van der Waals surface area contributed by atoms with E-state index >= 15 is 0 Å². The number of pyridine rings is 1. The molecule has 1 aromatic rings. The van der Waals surface area contributed by atoms with Gasteiger partial charge in [-0.3, -0.25) is 9.59 Å². The first-order valence-electron chi connectivity index (χ1n) is 4.49. The number of hydrogen-bond donors (Lipinski definition) is 3. The van der Waals surface area contributed by atoms with Crippen LogP contribution in [-0.2, 0) is 4.79 Å². The minimum atomic E-state index is -1.44. The summed E-state index contributed by atoms with van der Waals surface area (Å²) >= 11 is 11.2. The van der Waals surface area contributed by atoms with Gasteiger partial charge in [-0.25, -0.2) is 4.98 Å². The molecule has 1 heterocycles. The molecule has 1 aromatic heterocycles. The molecule has 17 heavy (non-hydrogen) atoms. The second-order valence-corrected chi connectivity index (χ2v) is 3.90. The predicted molar refractivity (Wildman–Crippen MR) is 61.8 cm³/mol. The van der Waals surface area contributed by atoms with Crippen molar-refractivity contribution in [3.05, 3.63) is 28.0 Å². The fourth-order valence-corrected chi connectivity index (χ4v) is 1.45. The SMILES string of the molecule is NC(=O)C(O)CNC(=O)c1cc(Cl)nc(Cl)c1. The third kappa shape index (κ3) is 4.18. The van der Waals surface area contributed by atoms with E-state index in [4.69, 9.17) is 34.0 Å². The molecule has 0 radical (unpaired) electrons. The van der Waals surface area contributed by atoms with E-state index in [2.05, 4.69) is 10.3 Å². The fourth-order valence-electron chi connectivity index (χ4n) is 0.988. The average Bonchev–Trinajstić information content (AvgIpc) is 2.23. The number of rotatable bonds is 4. The van der Waals surface area contributed by atoms with Gasteiger partial charge >= 0.3 is 0 Å². The highest BCUT2D eigenvalue weighted by Gasteiger charge is 2.14. The Morgan fingerprint density at radius 2 is 1.94 bits per heavy atom. The number of hydrogen-bond acceptors (Lipinski definition) is 4. The van der Waals surface area contributed by atoms with Crippen LogP contribution in [0.2, 0.25) is 10.3 Å². The number of aliphatic hydroxyl groups excluding tert-OH is 1. The van der Waals surface area contributed by atoms with Crippen LogP contribution in [0, 0.1) is 0 Å². The summed E-state index contributed by atoms with van der Waals surface area (Å²) in [6.07, 6.45) is -1.44. The van der Waals surface area contributed by atoms with Gasteiger partial charge in [-0.1, -0.05) is 23.2 Å². The van der Waals surface area contributed by atoms with Gasteiger partial charge in [0, 0.05) is 5.56 Å². The summed E-state index contributed by atoms with van der Waals surface area (Å²) in [5.74, 6) is -1.47. The average molecular weight is 278 g/mol. The van der Waals surface area contributed by atoms with E-state index in [-0.39, 0.29) is 22.4 Å². The number of nitrogens with two attached hydrogens (primary N) is 1. The largest absolute Gasteiger partial charge is 0.381 e. The van der Waals surface area contributed by atoms with E-state index in [1.807, 2.05) is 0 Å². The second-order valence-electron chi connectivity index (χ2n) is 3.13.